The maximum Gasteiger partial charge on any atom is 0.152 e. The van der Waals surface area contributed by atoms with E-state index in [2.05, 4.69) is 33.2 Å². The smallest absolute Gasteiger partial charge is 0.152 e. The molecule has 0 unspecified atom stereocenters. The van der Waals surface area contributed by atoms with Crippen molar-refractivity contribution in [3.8, 4) is 0 Å². The second kappa shape index (κ2) is 6.19. The molecular formula is C14H16INO. The van der Waals surface area contributed by atoms with Crippen LogP contribution in [-0.2, 0) is 6.54 Å². The van der Waals surface area contributed by atoms with Gasteiger partial charge in [0.1, 0.15) is 0 Å². The molecule has 0 bridgehead atoms. The summed E-state index contributed by atoms with van der Waals surface area (Å²) in [6, 6.07) is 8.11. The second-order valence-electron chi connectivity index (χ2n) is 4.16. The Kier molecular flexibility index (Phi) is 4.59. The Balaban J connectivity index is 2.19. The molecule has 0 aliphatic heterocycles. The molecule has 2 rings (SSSR count). The van der Waals surface area contributed by atoms with Crippen molar-refractivity contribution in [1.29, 1.82) is 0 Å². The third-order valence-corrected chi connectivity index (χ3v) is 3.74. The maximum absolute atomic E-state index is 11.0. The fourth-order valence-corrected chi connectivity index (χ4v) is 2.65. The number of benzene rings is 1. The number of alkyl halides is 1. The van der Waals surface area contributed by atoms with Gasteiger partial charge < -0.3 is 4.57 Å². The molecule has 0 aliphatic rings. The van der Waals surface area contributed by atoms with Crippen molar-refractivity contribution in [2.45, 2.75) is 25.8 Å². The van der Waals surface area contributed by atoms with Crippen LogP contribution in [0.3, 0.4) is 0 Å². The topological polar surface area (TPSA) is 22.0 Å². The molecule has 0 saturated heterocycles. The summed E-state index contributed by atoms with van der Waals surface area (Å²) in [7, 11) is 0. The number of hydrogen-bond acceptors (Lipinski definition) is 1. The molecule has 1 heterocycles. The predicted octanol–water partition coefficient (Wildman–Crippen LogP) is 4.06. The standard InChI is InChI=1S/C14H16INO/c15-8-4-1-5-9-16-10-12(11-17)13-6-2-3-7-14(13)16/h2-3,6-7,10-11H,1,4-5,8-9H2. The lowest BCUT2D eigenvalue weighted by molar-refractivity contribution is 0.112. The maximum atomic E-state index is 11.0. The Morgan fingerprint density at radius 1 is 1.18 bits per heavy atom. The number of aromatic nitrogens is 1. The van der Waals surface area contributed by atoms with Crippen LogP contribution in [0.15, 0.2) is 30.5 Å². The SMILES string of the molecule is O=Cc1cn(CCCCCI)c2ccccc12. The van der Waals surface area contributed by atoms with E-state index in [4.69, 9.17) is 0 Å². The van der Waals surface area contributed by atoms with Crippen LogP contribution >= 0.6 is 22.6 Å². The molecule has 2 aromatic rings. The molecule has 1 aromatic carbocycles. The Morgan fingerprint density at radius 2 is 2.00 bits per heavy atom. The third-order valence-electron chi connectivity index (χ3n) is 2.98. The number of rotatable bonds is 6. The van der Waals surface area contributed by atoms with Gasteiger partial charge >= 0.3 is 0 Å². The number of para-hydroxylation sites is 1. The number of unbranched alkanes of at least 4 members (excludes halogenated alkanes) is 2. The molecule has 0 amide bonds. The molecule has 0 saturated carbocycles. The van der Waals surface area contributed by atoms with E-state index in [-0.39, 0.29) is 0 Å². The fraction of sp³-hybridized carbons (Fsp3) is 0.357. The van der Waals surface area contributed by atoms with Crippen molar-refractivity contribution < 1.29 is 4.79 Å². The molecule has 0 radical (unpaired) electrons. The lowest BCUT2D eigenvalue weighted by atomic mass is 10.2. The molecule has 0 spiro atoms. The molecule has 90 valence electrons. The molecule has 0 fully saturated rings. The minimum absolute atomic E-state index is 0.800. The first-order valence-corrected chi connectivity index (χ1v) is 7.48. The van der Waals surface area contributed by atoms with Crippen molar-refractivity contribution >= 4 is 39.8 Å². The summed E-state index contributed by atoms with van der Waals surface area (Å²) >= 11 is 2.41. The van der Waals surface area contributed by atoms with E-state index in [1.54, 1.807) is 0 Å². The van der Waals surface area contributed by atoms with Crippen LogP contribution in [0.4, 0.5) is 0 Å². The van der Waals surface area contributed by atoms with Crippen LogP contribution in [0.25, 0.3) is 10.9 Å². The summed E-state index contributed by atoms with van der Waals surface area (Å²) < 4.78 is 3.43. The molecule has 0 atom stereocenters. The van der Waals surface area contributed by atoms with Gasteiger partial charge in [-0.15, -0.1) is 0 Å². The average molecular weight is 341 g/mol. The largest absolute Gasteiger partial charge is 0.347 e. The number of hydrogen-bond donors (Lipinski definition) is 0. The van der Waals surface area contributed by atoms with Gasteiger partial charge in [-0.3, -0.25) is 4.79 Å². The van der Waals surface area contributed by atoms with E-state index in [9.17, 15) is 4.79 Å². The Morgan fingerprint density at radius 3 is 2.76 bits per heavy atom. The van der Waals surface area contributed by atoms with Crippen LogP contribution in [0.5, 0.6) is 0 Å². The van der Waals surface area contributed by atoms with Crippen LogP contribution < -0.4 is 0 Å². The number of halogens is 1. The van der Waals surface area contributed by atoms with Crippen LogP contribution in [-0.4, -0.2) is 15.3 Å². The highest BCUT2D eigenvalue weighted by Gasteiger charge is 2.06. The van der Waals surface area contributed by atoms with Gasteiger partial charge in [-0.1, -0.05) is 47.2 Å². The first-order valence-electron chi connectivity index (χ1n) is 5.96. The summed E-state index contributed by atoms with van der Waals surface area (Å²) in [5.74, 6) is 0. The molecule has 0 aliphatic carbocycles. The van der Waals surface area contributed by atoms with Gasteiger partial charge in [0.05, 0.1) is 0 Å². The number of carbonyl (C=O) groups excluding carboxylic acids is 1. The van der Waals surface area contributed by atoms with Crippen molar-refractivity contribution in [3.05, 3.63) is 36.0 Å². The predicted molar refractivity (Wildman–Crippen MR) is 80.1 cm³/mol. The summed E-state index contributed by atoms with van der Waals surface area (Å²) in [5.41, 5.74) is 1.97. The average Bonchev–Trinajstić information content (AvgIpc) is 2.73. The van der Waals surface area contributed by atoms with Crippen LogP contribution in [0, 0.1) is 0 Å². The number of carbonyl (C=O) groups is 1. The van der Waals surface area contributed by atoms with Gasteiger partial charge in [-0.05, 0) is 23.3 Å². The lowest BCUT2D eigenvalue weighted by Gasteiger charge is -2.04. The summed E-state index contributed by atoms with van der Waals surface area (Å²) in [4.78, 5) is 11.0. The van der Waals surface area contributed by atoms with E-state index in [0.717, 1.165) is 23.8 Å². The molecule has 3 heteroatoms. The molecule has 0 N–H and O–H groups in total. The quantitative estimate of drug-likeness (QED) is 0.336. The summed E-state index contributed by atoms with van der Waals surface area (Å²) in [6.07, 6.45) is 6.64. The number of aryl methyl sites for hydroxylation is 1. The number of fused-ring (bicyclic) bond motifs is 1. The van der Waals surface area contributed by atoms with E-state index < -0.39 is 0 Å². The van der Waals surface area contributed by atoms with Crippen molar-refractivity contribution in [2.24, 2.45) is 0 Å². The zero-order chi connectivity index (χ0) is 12.1. The Bertz CT molecular complexity index is 504. The third kappa shape index (κ3) is 2.89. The Hall–Kier alpha value is -0.840. The van der Waals surface area contributed by atoms with Crippen LogP contribution in [0.2, 0.25) is 0 Å². The number of nitrogens with zero attached hydrogens (tertiary/aromatic N) is 1. The minimum Gasteiger partial charge on any atom is -0.347 e. The highest BCUT2D eigenvalue weighted by atomic mass is 127. The summed E-state index contributed by atoms with van der Waals surface area (Å²) in [5, 5.41) is 1.07. The first kappa shape index (κ1) is 12.6. The number of aldehydes is 1. The lowest BCUT2D eigenvalue weighted by Crippen LogP contribution is -1.96. The highest BCUT2D eigenvalue weighted by Crippen LogP contribution is 2.20. The van der Waals surface area contributed by atoms with Gasteiger partial charge in [0, 0.05) is 29.2 Å². The van der Waals surface area contributed by atoms with Crippen molar-refractivity contribution in [2.75, 3.05) is 4.43 Å². The van der Waals surface area contributed by atoms with Crippen LogP contribution in [0.1, 0.15) is 29.6 Å². The van der Waals surface area contributed by atoms with E-state index >= 15 is 0 Å². The van der Waals surface area contributed by atoms with E-state index in [1.807, 2.05) is 24.4 Å². The van der Waals surface area contributed by atoms with Crippen molar-refractivity contribution in [3.63, 3.8) is 0 Å². The minimum atomic E-state index is 0.800. The molecule has 2 nitrogen and oxygen atoms in total. The van der Waals surface area contributed by atoms with Gasteiger partial charge in [0.2, 0.25) is 0 Å². The second-order valence-corrected chi connectivity index (χ2v) is 5.24. The molecule has 1 aromatic heterocycles. The first-order chi connectivity index (χ1) is 8.36. The molecular weight excluding hydrogens is 325 g/mol. The van der Waals surface area contributed by atoms with Crippen molar-refractivity contribution in [1.82, 2.24) is 4.57 Å². The monoisotopic (exact) mass is 341 g/mol. The van der Waals surface area contributed by atoms with Gasteiger partial charge in [0.25, 0.3) is 0 Å². The van der Waals surface area contributed by atoms with E-state index in [0.29, 0.717) is 0 Å². The van der Waals surface area contributed by atoms with E-state index in [1.165, 1.54) is 29.2 Å². The zero-order valence-electron chi connectivity index (χ0n) is 9.73. The highest BCUT2D eigenvalue weighted by molar-refractivity contribution is 14.1. The van der Waals surface area contributed by atoms with Gasteiger partial charge in [0.15, 0.2) is 6.29 Å². The summed E-state index contributed by atoms with van der Waals surface area (Å²) in [6.45, 7) is 1.00. The normalized spacial score (nSPS) is 10.9. The fourth-order valence-electron chi connectivity index (χ4n) is 2.11. The molecule has 17 heavy (non-hydrogen) atoms. The van der Waals surface area contributed by atoms with Gasteiger partial charge in [-0.25, -0.2) is 0 Å². The van der Waals surface area contributed by atoms with Gasteiger partial charge in [-0.2, -0.15) is 0 Å². The zero-order valence-corrected chi connectivity index (χ0v) is 11.9. The Labute approximate surface area is 115 Å².